The molecule has 4 heterocycles. The Balaban J connectivity index is 1.79. The second-order valence-electron chi connectivity index (χ2n) is 9.70. The van der Waals surface area contributed by atoms with Gasteiger partial charge < -0.3 is 14.4 Å². The molecule has 2 aromatic heterocycles. The Labute approximate surface area is 200 Å². The van der Waals surface area contributed by atoms with E-state index in [1.54, 1.807) is 4.57 Å². The molecule has 0 saturated heterocycles. The Kier molecular flexibility index (Phi) is 5.52. The summed E-state index contributed by atoms with van der Waals surface area (Å²) >= 11 is 0. The van der Waals surface area contributed by atoms with Gasteiger partial charge in [-0.15, -0.1) is 0 Å². The maximum Gasteiger partial charge on any atom is 0.319 e. The minimum absolute atomic E-state index is 0.0530. The molecule has 178 valence electrons. The monoisotopic (exact) mass is 476 g/mol. The van der Waals surface area contributed by atoms with Crippen molar-refractivity contribution < 1.29 is 14.6 Å². The van der Waals surface area contributed by atoms with E-state index >= 15 is 0 Å². The van der Waals surface area contributed by atoms with Gasteiger partial charge in [0.2, 0.25) is 0 Å². The highest BCUT2D eigenvalue weighted by Gasteiger charge is 2.46. The highest BCUT2D eigenvalue weighted by molar-refractivity contribution is 6.93. The van der Waals surface area contributed by atoms with E-state index in [0.717, 1.165) is 27.9 Å². The largest absolute Gasteiger partial charge is 0.460 e. The number of aromatic nitrogens is 2. The topological polar surface area (TPSA) is 81.4 Å². The average Bonchev–Trinajstić information content (AvgIpc) is 3.22. The van der Waals surface area contributed by atoms with Crippen LogP contribution < -0.4 is 10.7 Å². The minimum atomic E-state index is -1.69. The van der Waals surface area contributed by atoms with Crippen molar-refractivity contribution in [3.8, 4) is 11.4 Å². The van der Waals surface area contributed by atoms with Gasteiger partial charge in [0.1, 0.15) is 12.0 Å². The number of para-hydroxylation sites is 1. The number of aliphatic hydroxyl groups is 1. The van der Waals surface area contributed by atoms with Crippen molar-refractivity contribution in [1.29, 1.82) is 0 Å². The van der Waals surface area contributed by atoms with Crippen molar-refractivity contribution >= 4 is 30.1 Å². The van der Waals surface area contributed by atoms with E-state index in [9.17, 15) is 14.7 Å². The van der Waals surface area contributed by atoms with Crippen molar-refractivity contribution in [3.05, 3.63) is 57.4 Å². The highest BCUT2D eigenvalue weighted by Crippen LogP contribution is 2.40. The molecule has 34 heavy (non-hydrogen) atoms. The van der Waals surface area contributed by atoms with E-state index in [4.69, 9.17) is 9.72 Å². The molecule has 0 spiro atoms. The molecule has 7 heteroatoms. The predicted octanol–water partition coefficient (Wildman–Crippen LogP) is 3.84. The maximum atomic E-state index is 13.5. The third kappa shape index (κ3) is 2.92. The summed E-state index contributed by atoms with van der Waals surface area (Å²) in [7, 11) is -1.69. The molecule has 0 fully saturated rings. The normalized spacial score (nSPS) is 19.0. The standard InChI is InChI=1S/C27H32N2O4Si/c1-5-27(16-30)20-13-21-23-18(14-29(21)25(31)19(20)15-33-26(27)32)12-17-10-9-11-22(24(17)28-23)34(6-2,7-3)8-4/h9-13,30H,5-8,14-16H2,1-4H3. The lowest BCUT2D eigenvalue weighted by molar-refractivity contribution is -0.156. The van der Waals surface area contributed by atoms with Gasteiger partial charge in [-0.05, 0) is 29.3 Å². The van der Waals surface area contributed by atoms with Crippen LogP contribution in [0.5, 0.6) is 0 Å². The van der Waals surface area contributed by atoms with Crippen LogP contribution in [-0.4, -0.2) is 35.3 Å². The molecular formula is C27H32N2O4Si. The van der Waals surface area contributed by atoms with Crippen LogP contribution >= 0.6 is 0 Å². The van der Waals surface area contributed by atoms with Crippen LogP contribution in [0.15, 0.2) is 35.1 Å². The minimum Gasteiger partial charge on any atom is -0.460 e. The smallest absolute Gasteiger partial charge is 0.319 e. The number of cyclic esters (lactones) is 1. The van der Waals surface area contributed by atoms with Crippen LogP contribution in [0.4, 0.5) is 0 Å². The molecule has 5 rings (SSSR count). The van der Waals surface area contributed by atoms with E-state index in [1.807, 2.05) is 13.0 Å². The first-order chi connectivity index (χ1) is 16.4. The van der Waals surface area contributed by atoms with E-state index in [1.165, 1.54) is 23.3 Å². The van der Waals surface area contributed by atoms with Crippen molar-refractivity contribution in [3.63, 3.8) is 0 Å². The molecule has 0 bridgehead atoms. The molecule has 0 radical (unpaired) electrons. The molecule has 1 atom stereocenters. The van der Waals surface area contributed by atoms with Crippen molar-refractivity contribution in [2.45, 2.75) is 70.8 Å². The number of benzene rings is 1. The fourth-order valence-corrected chi connectivity index (χ4v) is 9.89. The van der Waals surface area contributed by atoms with Crippen molar-refractivity contribution in [2.75, 3.05) is 6.61 Å². The van der Waals surface area contributed by atoms with Crippen LogP contribution in [-0.2, 0) is 28.1 Å². The number of pyridine rings is 2. The summed E-state index contributed by atoms with van der Waals surface area (Å²) in [5.74, 6) is -0.467. The zero-order valence-corrected chi connectivity index (χ0v) is 21.4. The lowest BCUT2D eigenvalue weighted by atomic mass is 9.75. The molecule has 0 saturated carbocycles. The predicted molar refractivity (Wildman–Crippen MR) is 136 cm³/mol. The zero-order valence-electron chi connectivity index (χ0n) is 20.4. The quantitative estimate of drug-likeness (QED) is 0.338. The van der Waals surface area contributed by atoms with Crippen LogP contribution in [0.2, 0.25) is 18.1 Å². The summed E-state index contributed by atoms with van der Waals surface area (Å²) in [4.78, 5) is 31.5. The van der Waals surface area contributed by atoms with Gasteiger partial charge >= 0.3 is 5.97 Å². The second kappa shape index (κ2) is 8.17. The summed E-state index contributed by atoms with van der Waals surface area (Å²) in [6.07, 6.45) is 0.359. The number of aliphatic hydroxyl groups excluding tert-OH is 1. The second-order valence-corrected chi connectivity index (χ2v) is 14.9. The van der Waals surface area contributed by atoms with Gasteiger partial charge in [0.25, 0.3) is 5.56 Å². The number of fused-ring (bicyclic) bond motifs is 5. The molecule has 1 aromatic carbocycles. The van der Waals surface area contributed by atoms with E-state index in [0.29, 0.717) is 24.1 Å². The lowest BCUT2D eigenvalue weighted by Crippen LogP contribution is -2.47. The number of carbonyl (C=O) groups is 1. The van der Waals surface area contributed by atoms with Gasteiger partial charge in [0.05, 0.1) is 43.7 Å². The van der Waals surface area contributed by atoms with Gasteiger partial charge in [-0.3, -0.25) is 9.59 Å². The summed E-state index contributed by atoms with van der Waals surface area (Å²) in [6, 6.07) is 14.1. The van der Waals surface area contributed by atoms with Gasteiger partial charge in [-0.2, -0.15) is 0 Å². The molecular weight excluding hydrogens is 444 g/mol. The molecule has 2 aliphatic heterocycles. The zero-order chi connectivity index (χ0) is 24.3. The molecule has 0 aliphatic carbocycles. The van der Waals surface area contributed by atoms with Crippen molar-refractivity contribution in [1.82, 2.24) is 9.55 Å². The number of hydrogen-bond donors (Lipinski definition) is 1. The summed E-state index contributed by atoms with van der Waals surface area (Å²) in [6.45, 7) is 8.74. The molecule has 0 amide bonds. The Morgan fingerprint density at radius 2 is 1.85 bits per heavy atom. The first-order valence-electron chi connectivity index (χ1n) is 12.4. The summed E-state index contributed by atoms with van der Waals surface area (Å²) < 4.78 is 7.10. The van der Waals surface area contributed by atoms with E-state index in [2.05, 4.69) is 45.0 Å². The third-order valence-electron chi connectivity index (χ3n) is 8.63. The Bertz CT molecular complexity index is 1360. The average molecular weight is 477 g/mol. The molecule has 2 aliphatic rings. The fourth-order valence-electron chi connectivity index (χ4n) is 6.10. The van der Waals surface area contributed by atoms with Crippen molar-refractivity contribution in [2.24, 2.45) is 0 Å². The number of ether oxygens (including phenoxy) is 1. The molecule has 1 unspecified atom stereocenters. The Morgan fingerprint density at radius 1 is 1.12 bits per heavy atom. The molecule has 3 aromatic rings. The number of carbonyl (C=O) groups excluding carboxylic acids is 1. The highest BCUT2D eigenvalue weighted by atomic mass is 28.3. The van der Waals surface area contributed by atoms with Crippen LogP contribution in [0.3, 0.4) is 0 Å². The summed E-state index contributed by atoms with van der Waals surface area (Å²) in [5.41, 5.74) is 3.29. The van der Waals surface area contributed by atoms with Crippen LogP contribution in [0.1, 0.15) is 50.8 Å². The van der Waals surface area contributed by atoms with Gasteiger partial charge in [-0.1, -0.05) is 64.0 Å². The Morgan fingerprint density at radius 3 is 2.50 bits per heavy atom. The fraction of sp³-hybridized carbons (Fsp3) is 0.444. The van der Waals surface area contributed by atoms with Gasteiger partial charge in [0.15, 0.2) is 0 Å². The third-order valence-corrected chi connectivity index (χ3v) is 14.2. The Hall–Kier alpha value is -2.77. The number of hydrogen-bond acceptors (Lipinski definition) is 5. The SMILES string of the molecule is CCC1(CO)C(=O)OCc2c1cc1n(c2=O)Cc2cc3cccc([Si](CC)(CC)CC)c3nc2-1. The maximum absolute atomic E-state index is 13.5. The number of rotatable bonds is 6. The van der Waals surface area contributed by atoms with Gasteiger partial charge in [0, 0.05) is 10.9 Å². The number of nitrogens with zero attached hydrogens (tertiary/aromatic N) is 2. The molecule has 6 nitrogen and oxygen atoms in total. The van der Waals surface area contributed by atoms with E-state index in [-0.39, 0.29) is 12.2 Å². The van der Waals surface area contributed by atoms with Crippen LogP contribution in [0.25, 0.3) is 22.3 Å². The van der Waals surface area contributed by atoms with Crippen LogP contribution in [0, 0.1) is 0 Å². The summed E-state index contributed by atoms with van der Waals surface area (Å²) in [5, 5.41) is 12.7. The molecule has 1 N–H and O–H groups in total. The van der Waals surface area contributed by atoms with Gasteiger partial charge in [-0.25, -0.2) is 4.98 Å². The lowest BCUT2D eigenvalue weighted by Gasteiger charge is -2.34. The van der Waals surface area contributed by atoms with E-state index < -0.39 is 26.1 Å². The number of esters is 1. The first-order valence-corrected chi connectivity index (χ1v) is 15.0. The first kappa shape index (κ1) is 23.0.